The van der Waals surface area contributed by atoms with Gasteiger partial charge in [-0.25, -0.2) is 4.98 Å². The maximum absolute atomic E-state index is 6.73. The topological polar surface area (TPSA) is 17.8 Å². The molecule has 0 amide bonds. The smallest absolute Gasteiger partial charge is 0.125 e. The predicted octanol–water partition coefficient (Wildman–Crippen LogP) is 7.05. The maximum Gasteiger partial charge on any atom is 0.125 e. The van der Waals surface area contributed by atoms with Gasteiger partial charge in [0.15, 0.2) is 0 Å². The summed E-state index contributed by atoms with van der Waals surface area (Å²) in [5.41, 5.74) is 0.862. The van der Waals surface area contributed by atoms with E-state index in [4.69, 9.17) is 35.4 Å². The first-order chi connectivity index (χ1) is 11.6. The molecule has 2 atom stereocenters. The van der Waals surface area contributed by atoms with Gasteiger partial charge in [0.1, 0.15) is 5.50 Å². The van der Waals surface area contributed by atoms with E-state index in [9.17, 15) is 0 Å². The quantitative estimate of drug-likeness (QED) is 0.255. The highest BCUT2D eigenvalue weighted by atomic mass is 35.5. The Kier molecular flexibility index (Phi) is 8.60. The molecule has 0 bridgehead atoms. The fourth-order valence-electron chi connectivity index (χ4n) is 2.40. The van der Waals surface area contributed by atoms with Gasteiger partial charge in [-0.15, -0.1) is 11.8 Å². The average molecular weight is 401 g/mol. The van der Waals surface area contributed by atoms with Crippen LogP contribution in [0.4, 0.5) is 0 Å². The highest BCUT2D eigenvalue weighted by Crippen LogP contribution is 2.42. The van der Waals surface area contributed by atoms with Crippen molar-refractivity contribution in [3.8, 4) is 0 Å². The number of thiocarbonyl (C=S) groups is 1. The minimum Gasteiger partial charge on any atom is -0.319 e. The van der Waals surface area contributed by atoms with Crippen molar-refractivity contribution in [3.63, 3.8) is 0 Å². The van der Waals surface area contributed by atoms with Gasteiger partial charge in [-0.1, -0.05) is 73.7 Å². The third-order valence-electron chi connectivity index (χ3n) is 3.75. The minimum absolute atomic E-state index is 0.0248. The second-order valence-electron chi connectivity index (χ2n) is 5.66. The first-order valence-electron chi connectivity index (χ1n) is 8.18. The lowest BCUT2D eigenvalue weighted by atomic mass is 10.1. The number of hydrogen-bond donors (Lipinski definition) is 0. The molecule has 0 aliphatic carbocycles. The standard InChI is InChI=1S/C18H22Cl2N2S2/c1-2-3-4-5-6-16(23)24-17(14-7-9-15(19)10-8-14)18(20)22-12-11-21-13-22/h7-13,17-18H,2-6H2,1H3. The van der Waals surface area contributed by atoms with Crippen molar-refractivity contribution in [2.45, 2.75) is 49.8 Å². The Morgan fingerprint density at radius 2 is 2.00 bits per heavy atom. The van der Waals surface area contributed by atoms with E-state index >= 15 is 0 Å². The number of thioether (sulfide) groups is 1. The van der Waals surface area contributed by atoms with Crippen molar-refractivity contribution >= 4 is 51.4 Å². The largest absolute Gasteiger partial charge is 0.319 e. The second-order valence-corrected chi connectivity index (χ2v) is 8.53. The van der Waals surface area contributed by atoms with Gasteiger partial charge >= 0.3 is 0 Å². The highest BCUT2D eigenvalue weighted by Gasteiger charge is 2.24. The fourth-order valence-corrected chi connectivity index (χ4v) is 4.49. The monoisotopic (exact) mass is 400 g/mol. The summed E-state index contributed by atoms with van der Waals surface area (Å²) in [6.45, 7) is 2.22. The van der Waals surface area contributed by atoms with Gasteiger partial charge < -0.3 is 4.57 Å². The molecular formula is C18H22Cl2N2S2. The van der Waals surface area contributed by atoms with Crippen molar-refractivity contribution in [2.24, 2.45) is 0 Å². The van der Waals surface area contributed by atoms with Gasteiger partial charge in [0.05, 0.1) is 11.6 Å². The number of benzene rings is 1. The molecule has 2 unspecified atom stereocenters. The third kappa shape index (κ3) is 6.07. The van der Waals surface area contributed by atoms with Crippen LogP contribution in [0.25, 0.3) is 0 Å². The predicted molar refractivity (Wildman–Crippen MR) is 110 cm³/mol. The van der Waals surface area contributed by atoms with Crippen LogP contribution in [0.15, 0.2) is 43.0 Å². The number of hydrogen-bond acceptors (Lipinski definition) is 3. The molecule has 0 N–H and O–H groups in total. The Morgan fingerprint density at radius 1 is 1.25 bits per heavy atom. The second kappa shape index (κ2) is 10.4. The molecule has 6 heteroatoms. The zero-order valence-electron chi connectivity index (χ0n) is 13.7. The lowest BCUT2D eigenvalue weighted by molar-refractivity contribution is 0.652. The van der Waals surface area contributed by atoms with E-state index in [1.807, 2.05) is 35.0 Å². The first kappa shape index (κ1) is 19.8. The molecule has 2 aromatic rings. The summed E-state index contributed by atoms with van der Waals surface area (Å²) in [6, 6.07) is 7.83. The van der Waals surface area contributed by atoms with E-state index < -0.39 is 0 Å². The molecule has 1 aromatic carbocycles. The maximum atomic E-state index is 6.73. The summed E-state index contributed by atoms with van der Waals surface area (Å²) in [6.07, 6.45) is 11.2. The Labute approximate surface area is 164 Å². The van der Waals surface area contributed by atoms with Gasteiger partial charge in [-0.3, -0.25) is 0 Å². The lowest BCUT2D eigenvalue weighted by Crippen LogP contribution is -2.11. The molecule has 0 saturated carbocycles. The Balaban J connectivity index is 2.08. The normalized spacial score (nSPS) is 13.6. The van der Waals surface area contributed by atoms with E-state index in [0.717, 1.165) is 27.6 Å². The molecule has 0 radical (unpaired) electrons. The number of halogens is 2. The fraction of sp³-hybridized carbons (Fsp3) is 0.444. The highest BCUT2D eigenvalue weighted by molar-refractivity contribution is 8.23. The SMILES string of the molecule is CCCCCCC(=S)SC(c1ccc(Cl)cc1)C(Cl)n1ccnc1. The van der Waals surface area contributed by atoms with Crippen LogP contribution in [0.2, 0.25) is 5.02 Å². The van der Waals surface area contributed by atoms with Gasteiger partial charge in [0, 0.05) is 21.6 Å². The van der Waals surface area contributed by atoms with E-state index in [-0.39, 0.29) is 10.8 Å². The zero-order valence-corrected chi connectivity index (χ0v) is 16.8. The number of imidazole rings is 1. The number of nitrogens with zero attached hydrogens (tertiary/aromatic N) is 2. The molecular weight excluding hydrogens is 379 g/mol. The Bertz CT molecular complexity index is 614. The third-order valence-corrected chi connectivity index (χ3v) is 6.37. The number of alkyl halides is 1. The molecule has 1 aromatic heterocycles. The van der Waals surface area contributed by atoms with Crippen LogP contribution in [0.1, 0.15) is 55.3 Å². The average Bonchev–Trinajstić information content (AvgIpc) is 3.11. The molecule has 1 heterocycles. The molecule has 0 aliphatic heterocycles. The molecule has 2 nitrogen and oxygen atoms in total. The van der Waals surface area contributed by atoms with Gasteiger partial charge in [0.25, 0.3) is 0 Å². The summed E-state index contributed by atoms with van der Waals surface area (Å²) in [5, 5.41) is 0.746. The number of rotatable bonds is 9. The van der Waals surface area contributed by atoms with Gasteiger partial charge in [-0.05, 0) is 30.5 Å². The van der Waals surface area contributed by atoms with E-state index in [2.05, 4.69) is 11.9 Å². The van der Waals surface area contributed by atoms with E-state index in [1.54, 1.807) is 24.3 Å². The van der Waals surface area contributed by atoms with Crippen molar-refractivity contribution in [1.82, 2.24) is 9.55 Å². The summed E-state index contributed by atoms with van der Waals surface area (Å²) < 4.78 is 2.92. The van der Waals surface area contributed by atoms with Crippen LogP contribution in [-0.4, -0.2) is 13.7 Å². The summed E-state index contributed by atoms with van der Waals surface area (Å²) >= 11 is 20.0. The molecule has 0 saturated heterocycles. The first-order valence-corrected chi connectivity index (χ1v) is 10.3. The van der Waals surface area contributed by atoms with E-state index in [1.165, 1.54) is 19.3 Å². The van der Waals surface area contributed by atoms with Crippen LogP contribution < -0.4 is 0 Å². The van der Waals surface area contributed by atoms with Crippen molar-refractivity contribution < 1.29 is 0 Å². The molecule has 2 rings (SSSR count). The molecule has 0 fully saturated rings. The summed E-state index contributed by atoms with van der Waals surface area (Å²) in [5.74, 6) is 0. The van der Waals surface area contributed by atoms with Crippen molar-refractivity contribution in [1.29, 1.82) is 0 Å². The van der Waals surface area contributed by atoms with Crippen LogP contribution in [-0.2, 0) is 0 Å². The number of aromatic nitrogens is 2. The molecule has 24 heavy (non-hydrogen) atoms. The van der Waals surface area contributed by atoms with E-state index in [0.29, 0.717) is 0 Å². The number of unbranched alkanes of at least 4 members (excludes halogenated alkanes) is 3. The van der Waals surface area contributed by atoms with Crippen molar-refractivity contribution in [2.75, 3.05) is 0 Å². The van der Waals surface area contributed by atoms with Crippen molar-refractivity contribution in [3.05, 3.63) is 53.6 Å². The van der Waals surface area contributed by atoms with Gasteiger partial charge in [0.2, 0.25) is 0 Å². The van der Waals surface area contributed by atoms with Crippen LogP contribution >= 0.6 is 47.2 Å². The van der Waals surface area contributed by atoms with Gasteiger partial charge in [-0.2, -0.15) is 0 Å². The van der Waals surface area contributed by atoms with Crippen LogP contribution in [0, 0.1) is 0 Å². The molecule has 130 valence electrons. The molecule has 0 spiro atoms. The summed E-state index contributed by atoms with van der Waals surface area (Å²) in [4.78, 5) is 4.10. The van der Waals surface area contributed by atoms with Crippen LogP contribution in [0.3, 0.4) is 0 Å². The zero-order chi connectivity index (χ0) is 17.4. The molecule has 0 aliphatic rings. The van der Waals surface area contributed by atoms with Crippen LogP contribution in [0.5, 0.6) is 0 Å². The lowest BCUT2D eigenvalue weighted by Gasteiger charge is -2.23. The summed E-state index contributed by atoms with van der Waals surface area (Å²) in [7, 11) is 0. The Morgan fingerprint density at radius 3 is 2.62 bits per heavy atom. The minimum atomic E-state index is -0.257. The Hall–Kier alpha value is -0.550.